The van der Waals surface area contributed by atoms with Crippen molar-refractivity contribution >= 4 is 17.1 Å². The van der Waals surface area contributed by atoms with E-state index in [9.17, 15) is 4.79 Å². The number of hydrogen-bond acceptors (Lipinski definition) is 2. The lowest BCUT2D eigenvalue weighted by Gasteiger charge is -2.20. The second-order valence-electron chi connectivity index (χ2n) is 4.29. The molecule has 1 heterocycles. The predicted octanol–water partition coefficient (Wildman–Crippen LogP) is 3.69. The van der Waals surface area contributed by atoms with Crippen LogP contribution in [0, 0.1) is 5.41 Å². The van der Waals surface area contributed by atoms with Gasteiger partial charge >= 0.3 is 0 Å². The fraction of sp³-hybridized carbons (Fsp3) is 0.583. The third-order valence-electron chi connectivity index (χ3n) is 2.86. The maximum atomic E-state index is 11.8. The fourth-order valence-electron chi connectivity index (χ4n) is 1.23. The summed E-state index contributed by atoms with van der Waals surface area (Å²) >= 11 is 1.69. The predicted molar refractivity (Wildman–Crippen MR) is 61.7 cm³/mol. The Morgan fingerprint density at radius 1 is 1.50 bits per heavy atom. The second-order valence-corrected chi connectivity index (χ2v) is 5.07. The summed E-state index contributed by atoms with van der Waals surface area (Å²) in [5.74, 6) is 0.381. The standard InChI is InChI=1S/C12H18OS/c1-4-12(2,3)11(13)6-5-10-7-8-14-9-10/h7-9H,4-6H2,1-3H3. The Labute approximate surface area is 90.2 Å². The van der Waals surface area contributed by atoms with Crippen molar-refractivity contribution in [3.63, 3.8) is 0 Å². The monoisotopic (exact) mass is 210 g/mol. The summed E-state index contributed by atoms with van der Waals surface area (Å²) in [6.45, 7) is 6.13. The van der Waals surface area contributed by atoms with Gasteiger partial charge in [0.25, 0.3) is 0 Å². The van der Waals surface area contributed by atoms with Crippen molar-refractivity contribution in [3.8, 4) is 0 Å². The van der Waals surface area contributed by atoms with Gasteiger partial charge in [0.2, 0.25) is 0 Å². The number of hydrogen-bond donors (Lipinski definition) is 0. The Kier molecular flexibility index (Phi) is 3.87. The first-order chi connectivity index (χ1) is 6.56. The van der Waals surface area contributed by atoms with E-state index in [0.29, 0.717) is 12.2 Å². The molecule has 1 aromatic heterocycles. The molecule has 0 aliphatic rings. The highest BCUT2D eigenvalue weighted by Crippen LogP contribution is 2.23. The Balaban J connectivity index is 2.43. The zero-order chi connectivity index (χ0) is 10.6. The molecule has 0 unspecified atom stereocenters. The minimum absolute atomic E-state index is 0.143. The van der Waals surface area contributed by atoms with Gasteiger partial charge in [0.05, 0.1) is 0 Å². The van der Waals surface area contributed by atoms with Gasteiger partial charge < -0.3 is 0 Å². The van der Waals surface area contributed by atoms with Crippen LogP contribution in [0.3, 0.4) is 0 Å². The summed E-state index contributed by atoms with van der Waals surface area (Å²) in [6, 6.07) is 2.09. The smallest absolute Gasteiger partial charge is 0.138 e. The summed E-state index contributed by atoms with van der Waals surface area (Å²) in [6.07, 6.45) is 2.50. The molecule has 0 aliphatic carbocycles. The van der Waals surface area contributed by atoms with Crippen LogP contribution in [-0.2, 0) is 11.2 Å². The number of thiophene rings is 1. The molecule has 1 rings (SSSR count). The molecule has 0 fully saturated rings. The highest BCUT2D eigenvalue weighted by molar-refractivity contribution is 7.07. The van der Waals surface area contributed by atoms with E-state index in [-0.39, 0.29) is 5.41 Å². The molecule has 1 aromatic rings. The molecule has 0 saturated heterocycles. The van der Waals surface area contributed by atoms with Gasteiger partial charge in [-0.25, -0.2) is 0 Å². The van der Waals surface area contributed by atoms with Crippen LogP contribution in [0.25, 0.3) is 0 Å². The van der Waals surface area contributed by atoms with Gasteiger partial charge in [0.15, 0.2) is 0 Å². The quantitative estimate of drug-likeness (QED) is 0.724. The molecule has 78 valence electrons. The first-order valence-corrected chi connectivity index (χ1v) is 6.05. The molecular weight excluding hydrogens is 192 g/mol. The van der Waals surface area contributed by atoms with E-state index >= 15 is 0 Å². The van der Waals surface area contributed by atoms with Gasteiger partial charge in [0, 0.05) is 11.8 Å². The molecule has 0 bridgehead atoms. The fourth-order valence-corrected chi connectivity index (χ4v) is 1.93. The van der Waals surface area contributed by atoms with E-state index in [1.807, 2.05) is 13.8 Å². The van der Waals surface area contributed by atoms with Gasteiger partial charge in [-0.3, -0.25) is 4.79 Å². The summed E-state index contributed by atoms with van der Waals surface area (Å²) in [4.78, 5) is 11.8. The average molecular weight is 210 g/mol. The highest BCUT2D eigenvalue weighted by Gasteiger charge is 2.24. The van der Waals surface area contributed by atoms with E-state index in [0.717, 1.165) is 12.8 Å². The van der Waals surface area contributed by atoms with Crippen molar-refractivity contribution in [3.05, 3.63) is 22.4 Å². The molecule has 1 nitrogen and oxygen atoms in total. The molecule has 14 heavy (non-hydrogen) atoms. The number of carbonyl (C=O) groups is 1. The van der Waals surface area contributed by atoms with Crippen LogP contribution >= 0.6 is 11.3 Å². The lowest BCUT2D eigenvalue weighted by atomic mass is 9.83. The van der Waals surface area contributed by atoms with Gasteiger partial charge in [-0.15, -0.1) is 0 Å². The number of Topliss-reactive ketones (excluding diaryl/α,β-unsaturated/α-hetero) is 1. The maximum Gasteiger partial charge on any atom is 0.138 e. The van der Waals surface area contributed by atoms with Gasteiger partial charge in [-0.2, -0.15) is 11.3 Å². The van der Waals surface area contributed by atoms with Crippen LogP contribution in [0.2, 0.25) is 0 Å². The molecule has 0 aliphatic heterocycles. The Morgan fingerprint density at radius 2 is 2.21 bits per heavy atom. The van der Waals surface area contributed by atoms with E-state index in [1.165, 1.54) is 5.56 Å². The summed E-state index contributed by atoms with van der Waals surface area (Å²) in [5, 5.41) is 4.18. The molecule has 0 spiro atoms. The van der Waals surface area contributed by atoms with E-state index in [4.69, 9.17) is 0 Å². The van der Waals surface area contributed by atoms with Gasteiger partial charge in [0.1, 0.15) is 5.78 Å². The lowest BCUT2D eigenvalue weighted by Crippen LogP contribution is -2.23. The number of rotatable bonds is 5. The SMILES string of the molecule is CCC(C)(C)C(=O)CCc1ccsc1. The summed E-state index contributed by atoms with van der Waals surface area (Å²) in [7, 11) is 0. The lowest BCUT2D eigenvalue weighted by molar-refractivity contribution is -0.127. The van der Waals surface area contributed by atoms with Crippen molar-refractivity contribution in [2.45, 2.75) is 40.0 Å². The first-order valence-electron chi connectivity index (χ1n) is 5.10. The average Bonchev–Trinajstić information content (AvgIpc) is 2.66. The molecule has 0 atom stereocenters. The van der Waals surface area contributed by atoms with Crippen molar-refractivity contribution in [1.29, 1.82) is 0 Å². The third kappa shape index (κ3) is 2.95. The van der Waals surface area contributed by atoms with E-state index in [2.05, 4.69) is 23.8 Å². The molecule has 0 saturated carbocycles. The number of aryl methyl sites for hydroxylation is 1. The molecule has 0 radical (unpaired) electrons. The summed E-state index contributed by atoms with van der Waals surface area (Å²) < 4.78 is 0. The molecule has 0 amide bonds. The minimum Gasteiger partial charge on any atom is -0.299 e. The maximum absolute atomic E-state index is 11.8. The Morgan fingerprint density at radius 3 is 2.71 bits per heavy atom. The topological polar surface area (TPSA) is 17.1 Å². The molecule has 0 N–H and O–H groups in total. The molecule has 0 aromatic carbocycles. The van der Waals surface area contributed by atoms with Gasteiger partial charge in [-0.05, 0) is 35.2 Å². The number of carbonyl (C=O) groups excluding carboxylic acids is 1. The van der Waals surface area contributed by atoms with E-state index < -0.39 is 0 Å². The largest absolute Gasteiger partial charge is 0.299 e. The van der Waals surface area contributed by atoms with Crippen LogP contribution in [0.4, 0.5) is 0 Å². The van der Waals surface area contributed by atoms with Crippen LogP contribution in [-0.4, -0.2) is 5.78 Å². The van der Waals surface area contributed by atoms with Crippen LogP contribution in [0.1, 0.15) is 39.2 Å². The normalized spacial score (nSPS) is 11.6. The van der Waals surface area contributed by atoms with Crippen molar-refractivity contribution in [2.75, 3.05) is 0 Å². The van der Waals surface area contributed by atoms with Crippen LogP contribution in [0.15, 0.2) is 16.8 Å². The minimum atomic E-state index is -0.143. The first kappa shape index (κ1) is 11.4. The van der Waals surface area contributed by atoms with Crippen molar-refractivity contribution in [1.82, 2.24) is 0 Å². The second kappa shape index (κ2) is 4.74. The highest BCUT2D eigenvalue weighted by atomic mass is 32.1. The third-order valence-corrected chi connectivity index (χ3v) is 3.59. The zero-order valence-corrected chi connectivity index (χ0v) is 9.99. The molecule has 2 heteroatoms. The van der Waals surface area contributed by atoms with E-state index in [1.54, 1.807) is 11.3 Å². The zero-order valence-electron chi connectivity index (χ0n) is 9.17. The van der Waals surface area contributed by atoms with Crippen LogP contribution in [0.5, 0.6) is 0 Å². The molecular formula is C12H18OS. The Bertz CT molecular complexity index is 285. The summed E-state index contributed by atoms with van der Waals surface area (Å²) in [5.41, 5.74) is 1.14. The van der Waals surface area contributed by atoms with Crippen molar-refractivity contribution < 1.29 is 4.79 Å². The number of ketones is 1. The van der Waals surface area contributed by atoms with Crippen molar-refractivity contribution in [2.24, 2.45) is 5.41 Å². The van der Waals surface area contributed by atoms with Gasteiger partial charge in [-0.1, -0.05) is 20.8 Å². The Hall–Kier alpha value is -0.630. The van der Waals surface area contributed by atoms with Crippen LogP contribution < -0.4 is 0 Å².